The Morgan fingerprint density at radius 3 is 2.66 bits per heavy atom. The van der Waals surface area contributed by atoms with Crippen LogP contribution in [-0.2, 0) is 16.6 Å². The quantitative estimate of drug-likeness (QED) is 0.466. The van der Waals surface area contributed by atoms with E-state index in [1.165, 1.54) is 15.6 Å². The smallest absolute Gasteiger partial charge is 0.260 e. The number of piperazine rings is 1. The highest BCUT2D eigenvalue weighted by Crippen LogP contribution is 2.31. The lowest BCUT2D eigenvalue weighted by Crippen LogP contribution is -2.48. The van der Waals surface area contributed by atoms with Crippen LogP contribution >= 0.6 is 11.3 Å². The molecule has 0 amide bonds. The Balaban J connectivity index is 1.31. The zero-order valence-corrected chi connectivity index (χ0v) is 19.1. The van der Waals surface area contributed by atoms with Crippen molar-refractivity contribution in [2.24, 2.45) is 0 Å². The highest BCUT2D eigenvalue weighted by Gasteiger charge is 2.33. The zero-order valence-electron chi connectivity index (χ0n) is 17.5. The van der Waals surface area contributed by atoms with Crippen molar-refractivity contribution >= 4 is 31.6 Å². The summed E-state index contributed by atoms with van der Waals surface area (Å²) in [5.74, 6) is 1.48. The molecule has 1 aliphatic heterocycles. The Bertz CT molecular complexity index is 1410. The first-order chi connectivity index (χ1) is 15.3. The fourth-order valence-electron chi connectivity index (χ4n) is 3.99. The third-order valence-corrected chi connectivity index (χ3v) is 8.57. The first-order valence-corrected chi connectivity index (χ1v) is 12.4. The molecule has 5 heterocycles. The van der Waals surface area contributed by atoms with Gasteiger partial charge in [0.2, 0.25) is 10.0 Å². The molecule has 10 nitrogen and oxygen atoms in total. The van der Waals surface area contributed by atoms with Crippen molar-refractivity contribution in [1.82, 2.24) is 24.3 Å². The fourth-order valence-corrected chi connectivity index (χ4v) is 6.65. The highest BCUT2D eigenvalue weighted by atomic mass is 32.2. The van der Waals surface area contributed by atoms with Crippen LogP contribution in [0, 0.1) is 13.8 Å². The summed E-state index contributed by atoms with van der Waals surface area (Å²) in [6.45, 7) is 5.36. The highest BCUT2D eigenvalue weighted by molar-refractivity contribution is 7.89. The van der Waals surface area contributed by atoms with E-state index < -0.39 is 10.0 Å². The largest absolute Gasteiger partial charge is 0.464 e. The van der Waals surface area contributed by atoms with Gasteiger partial charge in [-0.3, -0.25) is 9.69 Å². The van der Waals surface area contributed by atoms with Gasteiger partial charge in [0.25, 0.3) is 5.56 Å². The summed E-state index contributed by atoms with van der Waals surface area (Å²) >= 11 is 1.40. The molecule has 0 aromatic carbocycles. The molecule has 0 saturated carbocycles. The van der Waals surface area contributed by atoms with Crippen LogP contribution in [0.3, 0.4) is 0 Å². The third kappa shape index (κ3) is 3.58. The Morgan fingerprint density at radius 2 is 2.00 bits per heavy atom. The Morgan fingerprint density at radius 1 is 1.22 bits per heavy atom. The lowest BCUT2D eigenvalue weighted by molar-refractivity contribution is 0.178. The number of sulfonamides is 1. The van der Waals surface area contributed by atoms with E-state index in [9.17, 15) is 13.2 Å². The summed E-state index contributed by atoms with van der Waals surface area (Å²) in [5.41, 5.74) is 0.885. The maximum atomic E-state index is 13.0. The van der Waals surface area contributed by atoms with Crippen molar-refractivity contribution in [2.75, 3.05) is 26.2 Å². The summed E-state index contributed by atoms with van der Waals surface area (Å²) in [4.78, 5) is 23.1. The van der Waals surface area contributed by atoms with Gasteiger partial charge in [0, 0.05) is 37.1 Å². The molecule has 168 valence electrons. The maximum absolute atomic E-state index is 13.0. The molecule has 32 heavy (non-hydrogen) atoms. The second-order valence-electron chi connectivity index (χ2n) is 7.65. The van der Waals surface area contributed by atoms with Crippen LogP contribution in [0.25, 0.3) is 21.5 Å². The number of H-pyrrole nitrogens is 1. The van der Waals surface area contributed by atoms with Crippen LogP contribution in [-0.4, -0.2) is 58.9 Å². The minimum atomic E-state index is -3.66. The van der Waals surface area contributed by atoms with E-state index in [2.05, 4.69) is 20.0 Å². The summed E-state index contributed by atoms with van der Waals surface area (Å²) in [6.07, 6.45) is 1.57. The van der Waals surface area contributed by atoms with Crippen LogP contribution < -0.4 is 5.56 Å². The lowest BCUT2D eigenvalue weighted by Gasteiger charge is -2.33. The van der Waals surface area contributed by atoms with Gasteiger partial charge >= 0.3 is 0 Å². The summed E-state index contributed by atoms with van der Waals surface area (Å²) in [5, 5.41) is 6.15. The number of furan rings is 1. The standard InChI is InChI=1S/C20H21N5O5S2/c1-12-18(13(2)30-23-12)32(27,28)25-7-5-24(6-8-25)10-16-21-19(26)17-14(11-31-20(17)22-16)15-4-3-9-29-15/h3-4,9,11H,5-8,10H2,1-2H3,(H,21,22,26). The molecule has 1 fully saturated rings. The number of nitrogens with one attached hydrogen (secondary N) is 1. The molecule has 0 aliphatic carbocycles. The van der Waals surface area contributed by atoms with E-state index in [1.54, 1.807) is 26.2 Å². The average molecular weight is 476 g/mol. The first-order valence-electron chi connectivity index (χ1n) is 10.0. The van der Waals surface area contributed by atoms with Gasteiger partial charge in [0.05, 0.1) is 18.2 Å². The van der Waals surface area contributed by atoms with Gasteiger partial charge < -0.3 is 13.9 Å². The number of aromatic nitrogens is 3. The minimum absolute atomic E-state index is 0.146. The molecule has 4 aromatic rings. The van der Waals surface area contributed by atoms with Crippen LogP contribution in [0.5, 0.6) is 0 Å². The topological polar surface area (TPSA) is 126 Å². The monoisotopic (exact) mass is 475 g/mol. The van der Waals surface area contributed by atoms with Crippen LogP contribution in [0.2, 0.25) is 0 Å². The Labute approximate surface area is 187 Å². The predicted molar refractivity (Wildman–Crippen MR) is 118 cm³/mol. The minimum Gasteiger partial charge on any atom is -0.464 e. The number of aryl methyl sites for hydroxylation is 2. The summed E-state index contributed by atoms with van der Waals surface area (Å²) in [7, 11) is -3.66. The molecule has 0 radical (unpaired) electrons. The molecule has 0 unspecified atom stereocenters. The maximum Gasteiger partial charge on any atom is 0.260 e. The second-order valence-corrected chi connectivity index (χ2v) is 10.4. The molecule has 1 N–H and O–H groups in total. The van der Waals surface area contributed by atoms with Gasteiger partial charge in [0.15, 0.2) is 5.76 Å². The number of thiophene rings is 1. The number of aromatic amines is 1. The first kappa shape index (κ1) is 21.1. The average Bonchev–Trinajstić information content (AvgIpc) is 3.48. The molecule has 1 saturated heterocycles. The van der Waals surface area contributed by atoms with Gasteiger partial charge in [0.1, 0.15) is 27.0 Å². The van der Waals surface area contributed by atoms with E-state index in [-0.39, 0.29) is 10.5 Å². The van der Waals surface area contributed by atoms with Crippen LogP contribution in [0.15, 0.2) is 42.4 Å². The Hall–Kier alpha value is -2.80. The van der Waals surface area contributed by atoms with Gasteiger partial charge in [-0.1, -0.05) is 5.16 Å². The van der Waals surface area contributed by atoms with Gasteiger partial charge in [-0.05, 0) is 26.0 Å². The van der Waals surface area contributed by atoms with E-state index >= 15 is 0 Å². The molecule has 0 spiro atoms. The van der Waals surface area contributed by atoms with Crippen molar-refractivity contribution in [3.63, 3.8) is 0 Å². The number of fused-ring (bicyclic) bond motifs is 1. The molecular formula is C20H21N5O5S2. The summed E-state index contributed by atoms with van der Waals surface area (Å²) in [6, 6.07) is 3.59. The van der Waals surface area contributed by atoms with Crippen molar-refractivity contribution in [2.45, 2.75) is 25.3 Å². The lowest BCUT2D eigenvalue weighted by atomic mass is 10.2. The third-order valence-electron chi connectivity index (χ3n) is 5.55. The van der Waals surface area contributed by atoms with Crippen LogP contribution in [0.1, 0.15) is 17.3 Å². The van der Waals surface area contributed by atoms with Crippen molar-refractivity contribution in [1.29, 1.82) is 0 Å². The molecule has 5 rings (SSSR count). The van der Waals surface area contributed by atoms with Gasteiger partial charge in [-0.25, -0.2) is 13.4 Å². The normalized spacial score (nSPS) is 16.2. The van der Waals surface area contributed by atoms with Gasteiger partial charge in [-0.2, -0.15) is 4.31 Å². The molecule has 1 aliphatic rings. The van der Waals surface area contributed by atoms with Crippen molar-refractivity contribution < 1.29 is 17.4 Å². The molecule has 4 aromatic heterocycles. The number of hydrogen-bond donors (Lipinski definition) is 1. The van der Waals surface area contributed by atoms with E-state index in [1.807, 2.05) is 11.4 Å². The van der Waals surface area contributed by atoms with Gasteiger partial charge in [-0.15, -0.1) is 11.3 Å². The fraction of sp³-hybridized carbons (Fsp3) is 0.350. The van der Waals surface area contributed by atoms with Crippen molar-refractivity contribution in [3.8, 4) is 11.3 Å². The summed E-state index contributed by atoms with van der Waals surface area (Å²) < 4.78 is 37.9. The van der Waals surface area contributed by atoms with E-state index in [0.29, 0.717) is 66.0 Å². The second kappa shape index (κ2) is 7.96. The zero-order chi connectivity index (χ0) is 22.5. The number of hydrogen-bond acceptors (Lipinski definition) is 9. The molecular weight excluding hydrogens is 454 g/mol. The number of rotatable bonds is 5. The predicted octanol–water partition coefficient (Wildman–Crippen LogP) is 2.36. The Kier molecular flexibility index (Phi) is 5.24. The molecule has 0 bridgehead atoms. The van der Waals surface area contributed by atoms with Crippen molar-refractivity contribution in [3.05, 3.63) is 51.4 Å². The van der Waals surface area contributed by atoms with E-state index in [0.717, 1.165) is 5.56 Å². The molecule has 12 heteroatoms. The molecule has 0 atom stereocenters. The van der Waals surface area contributed by atoms with E-state index in [4.69, 9.17) is 8.94 Å². The SMILES string of the molecule is Cc1noc(C)c1S(=O)(=O)N1CCN(Cc2nc3scc(-c4ccco4)c3c(=O)[nH]2)CC1. The van der Waals surface area contributed by atoms with Crippen LogP contribution in [0.4, 0.5) is 0 Å². The number of nitrogens with zero attached hydrogens (tertiary/aromatic N) is 4.